The highest BCUT2D eigenvalue weighted by Gasteiger charge is 2.23. The molecule has 1 aromatic carbocycles. The van der Waals surface area contributed by atoms with Gasteiger partial charge in [-0.15, -0.1) is 11.8 Å². The van der Waals surface area contributed by atoms with Gasteiger partial charge in [-0.05, 0) is 31.2 Å². The molecule has 1 unspecified atom stereocenters. The molecule has 1 atom stereocenters. The van der Waals surface area contributed by atoms with E-state index in [0.717, 1.165) is 10.6 Å². The van der Waals surface area contributed by atoms with E-state index in [-0.39, 0.29) is 24.2 Å². The maximum absolute atomic E-state index is 12.4. The smallest absolute Gasteiger partial charge is 0.323 e. The van der Waals surface area contributed by atoms with E-state index >= 15 is 0 Å². The van der Waals surface area contributed by atoms with E-state index in [1.54, 1.807) is 14.0 Å². The second kappa shape index (κ2) is 9.32. The molecule has 22 heavy (non-hydrogen) atoms. The van der Waals surface area contributed by atoms with Gasteiger partial charge in [-0.2, -0.15) is 0 Å². The summed E-state index contributed by atoms with van der Waals surface area (Å²) in [5.41, 5.74) is 0. The fourth-order valence-corrected chi connectivity index (χ4v) is 2.75. The van der Waals surface area contributed by atoms with Gasteiger partial charge in [0.05, 0.1) is 19.0 Å². The van der Waals surface area contributed by atoms with Crippen molar-refractivity contribution in [1.82, 2.24) is 4.90 Å². The predicted molar refractivity (Wildman–Crippen MR) is 84.4 cm³/mol. The Morgan fingerprint density at radius 3 is 2.41 bits per heavy atom. The van der Waals surface area contributed by atoms with Crippen LogP contribution in [0.2, 0.25) is 0 Å². The van der Waals surface area contributed by atoms with Crippen molar-refractivity contribution in [2.45, 2.75) is 17.1 Å². The first-order valence-corrected chi connectivity index (χ1v) is 7.66. The maximum atomic E-state index is 12.4. The lowest BCUT2D eigenvalue weighted by Crippen LogP contribution is -2.41. The lowest BCUT2D eigenvalue weighted by molar-refractivity contribution is -0.144. The number of nitrogens with zero attached hydrogens (tertiary/aromatic N) is 1. The molecule has 122 valence electrons. The molecule has 0 fully saturated rings. The second-order valence-corrected chi connectivity index (χ2v) is 6.00. The fourth-order valence-electron chi connectivity index (χ4n) is 1.80. The van der Waals surface area contributed by atoms with Crippen molar-refractivity contribution in [1.29, 1.82) is 0 Å². The average molecular weight is 327 g/mol. The number of benzene rings is 1. The first-order chi connectivity index (χ1) is 10.5. The lowest BCUT2D eigenvalue weighted by atomic mass is 10.3. The van der Waals surface area contributed by atoms with E-state index in [1.807, 2.05) is 24.3 Å². The highest BCUT2D eigenvalue weighted by atomic mass is 32.2. The van der Waals surface area contributed by atoms with Gasteiger partial charge in [-0.25, -0.2) is 0 Å². The van der Waals surface area contributed by atoms with Gasteiger partial charge in [0.2, 0.25) is 5.91 Å². The minimum atomic E-state index is -1.04. The Bertz CT molecular complexity index is 491. The normalized spacial score (nSPS) is 11.8. The van der Waals surface area contributed by atoms with Gasteiger partial charge >= 0.3 is 5.97 Å². The van der Waals surface area contributed by atoms with Crippen molar-refractivity contribution in [3.63, 3.8) is 0 Å². The van der Waals surface area contributed by atoms with Crippen LogP contribution in [0.5, 0.6) is 5.75 Å². The summed E-state index contributed by atoms with van der Waals surface area (Å²) in [6.45, 7) is 2.00. The summed E-state index contributed by atoms with van der Waals surface area (Å²) in [4.78, 5) is 25.5. The van der Waals surface area contributed by atoms with E-state index in [9.17, 15) is 9.59 Å². The van der Waals surface area contributed by atoms with Crippen molar-refractivity contribution in [2.24, 2.45) is 0 Å². The number of amides is 1. The van der Waals surface area contributed by atoms with Crippen LogP contribution in [0.4, 0.5) is 0 Å². The molecular weight excluding hydrogens is 306 g/mol. The zero-order chi connectivity index (χ0) is 16.5. The molecule has 1 aromatic rings. The van der Waals surface area contributed by atoms with Crippen LogP contribution >= 0.6 is 11.8 Å². The topological polar surface area (TPSA) is 76.1 Å². The summed E-state index contributed by atoms with van der Waals surface area (Å²) in [6, 6.07) is 7.37. The zero-order valence-electron chi connectivity index (χ0n) is 12.9. The van der Waals surface area contributed by atoms with Crippen LogP contribution in [0.25, 0.3) is 0 Å². The molecule has 0 bridgehead atoms. The summed E-state index contributed by atoms with van der Waals surface area (Å²) in [7, 11) is 3.10. The summed E-state index contributed by atoms with van der Waals surface area (Å²) in [6.07, 6.45) is 0. The molecule has 0 heterocycles. The van der Waals surface area contributed by atoms with E-state index in [0.29, 0.717) is 6.61 Å². The van der Waals surface area contributed by atoms with Crippen LogP contribution in [-0.2, 0) is 14.3 Å². The van der Waals surface area contributed by atoms with E-state index < -0.39 is 5.97 Å². The minimum absolute atomic E-state index is 0.222. The van der Waals surface area contributed by atoms with Gasteiger partial charge in [0.1, 0.15) is 12.3 Å². The van der Waals surface area contributed by atoms with Gasteiger partial charge in [0, 0.05) is 18.6 Å². The van der Waals surface area contributed by atoms with Crippen LogP contribution in [-0.4, -0.2) is 61.0 Å². The summed E-state index contributed by atoms with van der Waals surface area (Å²) >= 11 is 1.38. The number of carboxylic acids is 1. The van der Waals surface area contributed by atoms with Gasteiger partial charge in [0.25, 0.3) is 0 Å². The van der Waals surface area contributed by atoms with Crippen LogP contribution < -0.4 is 4.74 Å². The molecule has 0 radical (unpaired) electrons. The van der Waals surface area contributed by atoms with Gasteiger partial charge in [-0.1, -0.05) is 0 Å². The molecule has 1 rings (SSSR count). The van der Waals surface area contributed by atoms with Crippen molar-refractivity contribution in [3.8, 4) is 5.75 Å². The summed E-state index contributed by atoms with van der Waals surface area (Å²) in [5.74, 6) is -0.512. The Morgan fingerprint density at radius 2 is 1.91 bits per heavy atom. The van der Waals surface area contributed by atoms with E-state index in [1.165, 1.54) is 23.8 Å². The number of thioether (sulfide) groups is 1. The third-order valence-electron chi connectivity index (χ3n) is 2.92. The molecular formula is C15H21NO5S. The second-order valence-electron chi connectivity index (χ2n) is 4.58. The minimum Gasteiger partial charge on any atom is -0.497 e. The van der Waals surface area contributed by atoms with Crippen molar-refractivity contribution < 1.29 is 24.2 Å². The highest BCUT2D eigenvalue weighted by molar-refractivity contribution is 8.00. The molecule has 0 aromatic heterocycles. The number of methoxy groups -OCH3 is 2. The Morgan fingerprint density at radius 1 is 1.27 bits per heavy atom. The van der Waals surface area contributed by atoms with Crippen LogP contribution in [0.15, 0.2) is 29.2 Å². The fraction of sp³-hybridized carbons (Fsp3) is 0.467. The van der Waals surface area contributed by atoms with Crippen molar-refractivity contribution in [2.75, 3.05) is 33.9 Å². The molecule has 7 heteroatoms. The first-order valence-electron chi connectivity index (χ1n) is 6.78. The Labute approximate surface area is 134 Å². The molecule has 0 saturated carbocycles. The van der Waals surface area contributed by atoms with E-state index in [2.05, 4.69) is 0 Å². The number of carbonyl (C=O) groups is 2. The zero-order valence-corrected chi connectivity index (χ0v) is 13.8. The lowest BCUT2D eigenvalue weighted by Gasteiger charge is -2.23. The van der Waals surface area contributed by atoms with Gasteiger partial charge in [-0.3, -0.25) is 9.59 Å². The van der Waals surface area contributed by atoms with Crippen LogP contribution in [0.3, 0.4) is 0 Å². The van der Waals surface area contributed by atoms with E-state index in [4.69, 9.17) is 14.6 Å². The predicted octanol–water partition coefficient (Wildman–Crippen LogP) is 1.74. The number of hydrogen-bond acceptors (Lipinski definition) is 5. The van der Waals surface area contributed by atoms with Gasteiger partial charge in [0.15, 0.2) is 0 Å². The molecule has 6 nitrogen and oxygen atoms in total. The largest absolute Gasteiger partial charge is 0.497 e. The Balaban J connectivity index is 2.68. The maximum Gasteiger partial charge on any atom is 0.323 e. The first kappa shape index (κ1) is 18.3. The highest BCUT2D eigenvalue weighted by Crippen LogP contribution is 2.26. The molecule has 0 aliphatic heterocycles. The number of carboxylic acid groups (broad SMARTS) is 1. The molecule has 0 spiro atoms. The number of hydrogen-bond donors (Lipinski definition) is 1. The number of carbonyl (C=O) groups excluding carboxylic acids is 1. The summed E-state index contributed by atoms with van der Waals surface area (Å²) in [5, 5.41) is 8.52. The Kier molecular flexibility index (Phi) is 7.76. The number of aliphatic carboxylic acids is 1. The SMILES string of the molecule is COCCN(CC(=O)O)C(=O)C(C)Sc1ccc(OC)cc1. The van der Waals surface area contributed by atoms with Crippen molar-refractivity contribution in [3.05, 3.63) is 24.3 Å². The third kappa shape index (κ3) is 5.95. The molecule has 0 aliphatic rings. The molecule has 1 amide bonds. The number of rotatable bonds is 9. The number of ether oxygens (including phenoxy) is 2. The van der Waals surface area contributed by atoms with Crippen molar-refractivity contribution >= 4 is 23.6 Å². The third-order valence-corrected chi connectivity index (χ3v) is 4.02. The quantitative estimate of drug-likeness (QED) is 0.696. The molecule has 1 N–H and O–H groups in total. The molecule has 0 aliphatic carbocycles. The standard InChI is InChI=1S/C15H21NO5S/c1-11(22-13-6-4-12(21-3)5-7-13)15(19)16(8-9-20-2)10-14(17)18/h4-7,11H,8-10H2,1-3H3,(H,17,18). The van der Waals surface area contributed by atoms with Gasteiger partial charge < -0.3 is 19.5 Å². The molecule has 0 saturated heterocycles. The van der Waals surface area contributed by atoms with Crippen LogP contribution in [0.1, 0.15) is 6.92 Å². The summed E-state index contributed by atoms with van der Waals surface area (Å²) < 4.78 is 10.0. The average Bonchev–Trinajstić information content (AvgIpc) is 2.51. The monoisotopic (exact) mass is 327 g/mol. The van der Waals surface area contributed by atoms with Crippen LogP contribution in [0, 0.1) is 0 Å². The Hall–Kier alpha value is -1.73.